The molecule has 21 heavy (non-hydrogen) atoms. The molecule has 0 saturated heterocycles. The van der Waals surface area contributed by atoms with Gasteiger partial charge in [0, 0.05) is 31.3 Å². The summed E-state index contributed by atoms with van der Waals surface area (Å²) in [7, 11) is 0. The highest BCUT2D eigenvalue weighted by atomic mass is 16.5. The zero-order valence-electron chi connectivity index (χ0n) is 12.1. The molecule has 0 aliphatic heterocycles. The molecule has 2 rings (SSSR count). The maximum Gasteiger partial charge on any atom is 0.339 e. The van der Waals surface area contributed by atoms with Gasteiger partial charge in [0.25, 0.3) is 0 Å². The van der Waals surface area contributed by atoms with Crippen LogP contribution in [-0.4, -0.2) is 35.8 Å². The molecule has 0 bridgehead atoms. The number of ether oxygens (including phenoxy) is 1. The van der Waals surface area contributed by atoms with Crippen LogP contribution in [0.4, 0.5) is 5.69 Å². The maximum atomic E-state index is 11.3. The molecular weight excluding hydrogens is 268 g/mol. The number of pyridine rings is 1. The van der Waals surface area contributed by atoms with E-state index in [4.69, 9.17) is 4.74 Å². The van der Waals surface area contributed by atoms with Crippen molar-refractivity contribution in [2.24, 2.45) is 0 Å². The van der Waals surface area contributed by atoms with Gasteiger partial charge < -0.3 is 15.2 Å². The summed E-state index contributed by atoms with van der Waals surface area (Å²) in [6.45, 7) is 4.17. The van der Waals surface area contributed by atoms with Gasteiger partial charge in [-0.2, -0.15) is 0 Å². The van der Waals surface area contributed by atoms with Crippen LogP contribution in [0.15, 0.2) is 30.5 Å². The average Bonchev–Trinajstić information content (AvgIpc) is 2.50. The van der Waals surface area contributed by atoms with E-state index in [0.29, 0.717) is 18.8 Å². The zero-order chi connectivity index (χ0) is 15.1. The Morgan fingerprint density at radius 3 is 2.90 bits per heavy atom. The van der Waals surface area contributed by atoms with Gasteiger partial charge in [0.15, 0.2) is 0 Å². The number of anilines is 1. The van der Waals surface area contributed by atoms with E-state index >= 15 is 0 Å². The summed E-state index contributed by atoms with van der Waals surface area (Å²) in [5, 5.41) is 13.3. The molecule has 0 aliphatic carbocycles. The van der Waals surface area contributed by atoms with Crippen LogP contribution in [0.5, 0.6) is 0 Å². The van der Waals surface area contributed by atoms with Crippen LogP contribution in [0, 0.1) is 0 Å². The summed E-state index contributed by atoms with van der Waals surface area (Å²) in [5.41, 5.74) is 1.61. The number of aromatic carboxylic acids is 1. The second-order valence-electron chi connectivity index (χ2n) is 4.76. The highest BCUT2D eigenvalue weighted by Gasteiger charge is 2.13. The lowest BCUT2D eigenvalue weighted by Crippen LogP contribution is -2.11. The van der Waals surface area contributed by atoms with Gasteiger partial charge in [-0.25, -0.2) is 4.79 Å². The normalized spacial score (nSPS) is 10.7. The van der Waals surface area contributed by atoms with Crippen LogP contribution in [-0.2, 0) is 4.74 Å². The number of benzene rings is 1. The molecule has 112 valence electrons. The molecule has 1 aromatic carbocycles. The highest BCUT2D eigenvalue weighted by Crippen LogP contribution is 2.25. The van der Waals surface area contributed by atoms with E-state index in [1.807, 2.05) is 24.3 Å². The molecule has 0 aliphatic rings. The molecule has 0 fully saturated rings. The van der Waals surface area contributed by atoms with E-state index in [0.717, 1.165) is 30.4 Å². The summed E-state index contributed by atoms with van der Waals surface area (Å²) >= 11 is 0. The number of hydrogen-bond donors (Lipinski definition) is 2. The lowest BCUT2D eigenvalue weighted by molar-refractivity contribution is 0.0697. The standard InChI is InChI=1S/C16H20N2O3/c1-2-9-21-10-5-8-17-15-12-6-3-4-7-14(12)18-11-13(15)16(19)20/h3-4,6-7,11H,2,5,8-10H2,1H3,(H,17,18)(H,19,20). The molecule has 0 radical (unpaired) electrons. The number of rotatable bonds is 8. The van der Waals surface area contributed by atoms with E-state index in [1.165, 1.54) is 6.20 Å². The van der Waals surface area contributed by atoms with Crippen LogP contribution in [0.25, 0.3) is 10.9 Å². The summed E-state index contributed by atoms with van der Waals surface area (Å²) in [4.78, 5) is 15.5. The second kappa shape index (κ2) is 7.59. The van der Waals surface area contributed by atoms with Crippen LogP contribution in [0.1, 0.15) is 30.1 Å². The molecule has 5 heteroatoms. The van der Waals surface area contributed by atoms with Crippen molar-refractivity contribution in [2.45, 2.75) is 19.8 Å². The molecule has 0 unspecified atom stereocenters. The van der Waals surface area contributed by atoms with Gasteiger partial charge in [0.05, 0.1) is 11.2 Å². The molecule has 1 aromatic heterocycles. The third-order valence-corrected chi connectivity index (χ3v) is 3.12. The molecule has 0 atom stereocenters. The number of carboxylic acids is 1. The summed E-state index contributed by atoms with van der Waals surface area (Å²) in [6.07, 6.45) is 3.24. The van der Waals surface area contributed by atoms with E-state index in [2.05, 4.69) is 17.2 Å². The van der Waals surface area contributed by atoms with E-state index in [9.17, 15) is 9.90 Å². The van der Waals surface area contributed by atoms with Gasteiger partial charge in [0.1, 0.15) is 5.56 Å². The monoisotopic (exact) mass is 288 g/mol. The van der Waals surface area contributed by atoms with Crippen LogP contribution in [0.3, 0.4) is 0 Å². The third-order valence-electron chi connectivity index (χ3n) is 3.12. The van der Waals surface area contributed by atoms with Crippen molar-refractivity contribution >= 4 is 22.6 Å². The molecule has 2 N–H and O–H groups in total. The van der Waals surface area contributed by atoms with Gasteiger partial charge in [-0.1, -0.05) is 25.1 Å². The van der Waals surface area contributed by atoms with Crippen molar-refractivity contribution in [3.8, 4) is 0 Å². The minimum atomic E-state index is -0.974. The van der Waals surface area contributed by atoms with Gasteiger partial charge in [0.2, 0.25) is 0 Å². The molecule has 5 nitrogen and oxygen atoms in total. The first-order valence-electron chi connectivity index (χ1n) is 7.16. The number of para-hydroxylation sites is 1. The van der Waals surface area contributed by atoms with Gasteiger partial charge in [-0.15, -0.1) is 0 Å². The predicted octanol–water partition coefficient (Wildman–Crippen LogP) is 3.16. The Labute approximate surface area is 124 Å². The third kappa shape index (κ3) is 3.92. The Morgan fingerprint density at radius 2 is 2.14 bits per heavy atom. The van der Waals surface area contributed by atoms with Crippen molar-refractivity contribution in [1.82, 2.24) is 4.98 Å². The first-order valence-corrected chi connectivity index (χ1v) is 7.16. The zero-order valence-corrected chi connectivity index (χ0v) is 12.1. The predicted molar refractivity (Wildman–Crippen MR) is 82.9 cm³/mol. The lowest BCUT2D eigenvalue weighted by Gasteiger charge is -2.12. The minimum Gasteiger partial charge on any atom is -0.478 e. The number of fused-ring (bicyclic) bond motifs is 1. The Bertz CT molecular complexity index is 613. The topological polar surface area (TPSA) is 71.5 Å². The lowest BCUT2D eigenvalue weighted by atomic mass is 10.1. The second-order valence-corrected chi connectivity index (χ2v) is 4.76. The first kappa shape index (κ1) is 15.3. The average molecular weight is 288 g/mol. The minimum absolute atomic E-state index is 0.197. The van der Waals surface area contributed by atoms with Gasteiger partial charge in [-0.3, -0.25) is 4.98 Å². The number of hydrogen-bond acceptors (Lipinski definition) is 4. The fourth-order valence-electron chi connectivity index (χ4n) is 2.13. The van der Waals surface area contributed by atoms with Crippen molar-refractivity contribution in [1.29, 1.82) is 0 Å². The Kier molecular flexibility index (Phi) is 5.51. The van der Waals surface area contributed by atoms with Crippen molar-refractivity contribution in [3.05, 3.63) is 36.0 Å². The Morgan fingerprint density at radius 1 is 1.33 bits per heavy atom. The molecule has 0 amide bonds. The SMILES string of the molecule is CCCOCCCNc1c(C(=O)O)cnc2ccccc12. The van der Waals surface area contributed by atoms with Crippen LogP contribution in [0.2, 0.25) is 0 Å². The number of carboxylic acid groups (broad SMARTS) is 1. The molecule has 0 saturated carbocycles. The van der Waals surface area contributed by atoms with Crippen LogP contribution < -0.4 is 5.32 Å². The number of nitrogens with zero attached hydrogens (tertiary/aromatic N) is 1. The van der Waals surface area contributed by atoms with Gasteiger partial charge in [-0.05, 0) is 18.9 Å². The molecule has 2 aromatic rings. The largest absolute Gasteiger partial charge is 0.478 e. The summed E-state index contributed by atoms with van der Waals surface area (Å²) < 4.78 is 5.42. The van der Waals surface area contributed by atoms with E-state index < -0.39 is 5.97 Å². The first-order chi connectivity index (χ1) is 10.2. The molecule has 0 spiro atoms. The summed E-state index contributed by atoms with van der Waals surface area (Å²) in [5.74, 6) is -0.974. The molecular formula is C16H20N2O3. The van der Waals surface area contributed by atoms with E-state index in [1.54, 1.807) is 0 Å². The van der Waals surface area contributed by atoms with E-state index in [-0.39, 0.29) is 5.56 Å². The van der Waals surface area contributed by atoms with Crippen LogP contribution >= 0.6 is 0 Å². The van der Waals surface area contributed by atoms with Crippen molar-refractivity contribution in [3.63, 3.8) is 0 Å². The maximum absolute atomic E-state index is 11.3. The fourth-order valence-corrected chi connectivity index (χ4v) is 2.13. The number of aromatic nitrogens is 1. The highest BCUT2D eigenvalue weighted by molar-refractivity contribution is 6.04. The fraction of sp³-hybridized carbons (Fsp3) is 0.375. The number of nitrogens with one attached hydrogen (secondary N) is 1. The Balaban J connectivity index is 2.12. The molecule has 1 heterocycles. The van der Waals surface area contributed by atoms with Crippen molar-refractivity contribution < 1.29 is 14.6 Å². The van der Waals surface area contributed by atoms with Crippen molar-refractivity contribution in [2.75, 3.05) is 25.1 Å². The Hall–Kier alpha value is -2.14. The number of carbonyl (C=O) groups is 1. The smallest absolute Gasteiger partial charge is 0.339 e. The van der Waals surface area contributed by atoms with Gasteiger partial charge >= 0.3 is 5.97 Å². The quantitative estimate of drug-likeness (QED) is 0.730. The summed E-state index contributed by atoms with van der Waals surface area (Å²) in [6, 6.07) is 7.52.